The SMILES string of the molecule is CN(C)C(=O)C1(N2Cc3cc(Cl)ccc3-n3c(nnc3N3CC4(CN(c5ncc(F)cc5F)C4)C3)C2)CC1. The number of pyridine rings is 1. The van der Waals surface area contributed by atoms with Gasteiger partial charge in [-0.1, -0.05) is 11.6 Å². The fourth-order valence-corrected chi connectivity index (χ4v) is 6.55. The molecule has 1 saturated carbocycles. The van der Waals surface area contributed by atoms with Crippen LogP contribution in [0.3, 0.4) is 0 Å². The third-order valence-electron chi connectivity index (χ3n) is 8.30. The topological polar surface area (TPSA) is 73.6 Å². The van der Waals surface area contributed by atoms with Crippen molar-refractivity contribution in [3.05, 3.63) is 58.5 Å². The standard InChI is InChI=1S/C26H27ClF2N8O/c1-33(2)23(38)26(5-6-26)36-10-16-7-17(27)3-4-20(16)37-21(11-36)31-32-24(37)35-14-25(15-35)12-34(13-25)22-19(29)8-18(28)9-30-22/h3-4,7-9H,5-6,10-15H2,1-2H3. The third-order valence-corrected chi connectivity index (χ3v) is 8.53. The molecule has 3 aliphatic heterocycles. The van der Waals surface area contributed by atoms with E-state index >= 15 is 0 Å². The summed E-state index contributed by atoms with van der Waals surface area (Å²) >= 11 is 6.41. The number of nitrogens with zero attached hydrogens (tertiary/aromatic N) is 8. The molecule has 5 heterocycles. The second-order valence-electron chi connectivity index (χ2n) is 11.3. The molecule has 38 heavy (non-hydrogen) atoms. The summed E-state index contributed by atoms with van der Waals surface area (Å²) in [5.74, 6) is 0.527. The normalized spacial score (nSPS) is 20.8. The minimum absolute atomic E-state index is 0.00465. The van der Waals surface area contributed by atoms with E-state index in [1.807, 2.05) is 23.1 Å². The monoisotopic (exact) mass is 540 g/mol. The summed E-state index contributed by atoms with van der Waals surface area (Å²) in [5, 5.41) is 9.80. The molecule has 2 saturated heterocycles. The molecule has 0 unspecified atom stereocenters. The first-order chi connectivity index (χ1) is 18.2. The van der Waals surface area contributed by atoms with Crippen molar-refractivity contribution in [2.45, 2.75) is 31.5 Å². The Hall–Kier alpha value is -3.31. The number of anilines is 2. The molecule has 4 aliphatic rings. The van der Waals surface area contributed by atoms with Crippen molar-refractivity contribution in [2.24, 2.45) is 5.41 Å². The highest BCUT2D eigenvalue weighted by Gasteiger charge is 2.57. The van der Waals surface area contributed by atoms with E-state index in [4.69, 9.17) is 11.6 Å². The minimum atomic E-state index is -0.678. The Labute approximate surface area is 223 Å². The van der Waals surface area contributed by atoms with Crippen LogP contribution in [0.4, 0.5) is 20.5 Å². The van der Waals surface area contributed by atoms with Crippen LogP contribution in [-0.2, 0) is 17.9 Å². The predicted octanol–water partition coefficient (Wildman–Crippen LogP) is 2.86. The Morgan fingerprint density at radius 2 is 1.76 bits per heavy atom. The van der Waals surface area contributed by atoms with Gasteiger partial charge >= 0.3 is 0 Å². The van der Waals surface area contributed by atoms with Crippen LogP contribution in [0.1, 0.15) is 24.2 Å². The van der Waals surface area contributed by atoms with Gasteiger partial charge in [-0.2, -0.15) is 0 Å². The van der Waals surface area contributed by atoms with E-state index in [2.05, 4.69) is 29.5 Å². The molecule has 0 bridgehead atoms. The average molecular weight is 541 g/mol. The molecule has 3 fully saturated rings. The molecular formula is C26H27ClF2N8O. The summed E-state index contributed by atoms with van der Waals surface area (Å²) in [7, 11) is 3.60. The number of fused-ring (bicyclic) bond motifs is 3. The molecule has 0 atom stereocenters. The molecule has 1 aliphatic carbocycles. The van der Waals surface area contributed by atoms with Gasteiger partial charge < -0.3 is 14.7 Å². The van der Waals surface area contributed by atoms with Gasteiger partial charge in [0.2, 0.25) is 11.9 Å². The summed E-state index contributed by atoms with van der Waals surface area (Å²) < 4.78 is 29.5. The Kier molecular flexibility index (Phi) is 5.07. The highest BCUT2D eigenvalue weighted by molar-refractivity contribution is 6.30. The fraction of sp³-hybridized carbons (Fsp3) is 0.462. The molecule has 1 aromatic carbocycles. The van der Waals surface area contributed by atoms with Crippen molar-refractivity contribution in [1.29, 1.82) is 0 Å². The van der Waals surface area contributed by atoms with Crippen molar-refractivity contribution >= 4 is 29.3 Å². The molecule has 3 aromatic rings. The average Bonchev–Trinajstić information content (AvgIpc) is 3.56. The van der Waals surface area contributed by atoms with Crippen molar-refractivity contribution in [1.82, 2.24) is 29.5 Å². The Balaban J connectivity index is 1.15. The van der Waals surface area contributed by atoms with Gasteiger partial charge in [-0.15, -0.1) is 10.2 Å². The quantitative estimate of drug-likeness (QED) is 0.504. The van der Waals surface area contributed by atoms with E-state index in [0.717, 1.165) is 61.2 Å². The zero-order chi connectivity index (χ0) is 26.4. The van der Waals surface area contributed by atoms with Crippen LogP contribution < -0.4 is 9.80 Å². The molecule has 1 amide bonds. The van der Waals surface area contributed by atoms with Crippen LogP contribution >= 0.6 is 11.6 Å². The van der Waals surface area contributed by atoms with Gasteiger partial charge in [0.25, 0.3) is 0 Å². The largest absolute Gasteiger partial charge is 0.353 e. The molecule has 198 valence electrons. The summed E-state index contributed by atoms with van der Waals surface area (Å²) in [6, 6.07) is 6.70. The molecule has 2 aromatic heterocycles. The van der Waals surface area contributed by atoms with Crippen molar-refractivity contribution < 1.29 is 13.6 Å². The zero-order valence-corrected chi connectivity index (χ0v) is 21.9. The van der Waals surface area contributed by atoms with Crippen molar-refractivity contribution in [2.75, 3.05) is 50.1 Å². The number of aromatic nitrogens is 4. The lowest BCUT2D eigenvalue weighted by molar-refractivity contribution is -0.136. The van der Waals surface area contributed by atoms with E-state index in [1.165, 1.54) is 0 Å². The Bertz CT molecular complexity index is 1460. The number of benzene rings is 1. The van der Waals surface area contributed by atoms with E-state index in [1.54, 1.807) is 19.0 Å². The highest BCUT2D eigenvalue weighted by Crippen LogP contribution is 2.48. The van der Waals surface area contributed by atoms with Gasteiger partial charge in [0.15, 0.2) is 17.5 Å². The third kappa shape index (κ3) is 3.51. The van der Waals surface area contributed by atoms with Gasteiger partial charge in [-0.25, -0.2) is 13.8 Å². The number of hydrogen-bond donors (Lipinski definition) is 0. The van der Waals surface area contributed by atoms with Gasteiger partial charge in [-0.3, -0.25) is 14.3 Å². The molecule has 0 radical (unpaired) electrons. The van der Waals surface area contributed by atoms with E-state index in [-0.39, 0.29) is 17.1 Å². The number of hydrogen-bond acceptors (Lipinski definition) is 7. The summed E-state index contributed by atoms with van der Waals surface area (Å²) in [6.45, 7) is 3.89. The Morgan fingerprint density at radius 3 is 2.45 bits per heavy atom. The smallest absolute Gasteiger partial charge is 0.242 e. The first kappa shape index (κ1) is 23.8. The maximum atomic E-state index is 14.2. The van der Waals surface area contributed by atoms with E-state index in [9.17, 15) is 13.6 Å². The maximum Gasteiger partial charge on any atom is 0.242 e. The number of carbonyl (C=O) groups is 1. The second kappa shape index (κ2) is 8.09. The number of rotatable bonds is 4. The molecule has 12 heteroatoms. The molecule has 7 rings (SSSR count). The number of halogens is 3. The van der Waals surface area contributed by atoms with Gasteiger partial charge in [0, 0.05) is 63.3 Å². The predicted molar refractivity (Wildman–Crippen MR) is 137 cm³/mol. The van der Waals surface area contributed by atoms with Crippen molar-refractivity contribution in [3.8, 4) is 5.69 Å². The second-order valence-corrected chi connectivity index (χ2v) is 11.7. The summed E-state index contributed by atoms with van der Waals surface area (Å²) in [4.78, 5) is 25.0. The maximum absolute atomic E-state index is 14.2. The molecule has 9 nitrogen and oxygen atoms in total. The molecule has 0 N–H and O–H groups in total. The Morgan fingerprint density at radius 1 is 1.03 bits per heavy atom. The lowest BCUT2D eigenvalue weighted by Crippen LogP contribution is -2.73. The number of amides is 1. The highest BCUT2D eigenvalue weighted by atomic mass is 35.5. The van der Waals surface area contributed by atoms with Gasteiger partial charge in [-0.05, 0) is 36.6 Å². The minimum Gasteiger partial charge on any atom is -0.353 e. The first-order valence-electron chi connectivity index (χ1n) is 12.7. The molecule has 1 spiro atoms. The molecular weight excluding hydrogens is 514 g/mol. The number of likely N-dealkylation sites (N-methyl/N-ethyl adjacent to an activating group) is 1. The van der Waals surface area contributed by atoms with E-state index in [0.29, 0.717) is 31.2 Å². The van der Waals surface area contributed by atoms with Crippen molar-refractivity contribution in [3.63, 3.8) is 0 Å². The van der Waals surface area contributed by atoms with Crippen LogP contribution in [0.2, 0.25) is 5.02 Å². The lowest BCUT2D eigenvalue weighted by Gasteiger charge is -2.60. The summed E-state index contributed by atoms with van der Waals surface area (Å²) in [5.41, 5.74) is 1.47. The van der Waals surface area contributed by atoms with Crippen LogP contribution in [0.15, 0.2) is 30.5 Å². The van der Waals surface area contributed by atoms with Gasteiger partial charge in [0.05, 0.1) is 18.4 Å². The fourth-order valence-electron chi connectivity index (χ4n) is 6.35. The van der Waals surface area contributed by atoms with Crippen LogP contribution in [0, 0.1) is 17.0 Å². The van der Waals surface area contributed by atoms with E-state index < -0.39 is 17.2 Å². The van der Waals surface area contributed by atoms with Crippen LogP contribution in [-0.4, -0.2) is 81.3 Å². The lowest BCUT2D eigenvalue weighted by atomic mass is 9.73. The summed E-state index contributed by atoms with van der Waals surface area (Å²) in [6.07, 6.45) is 2.68. The first-order valence-corrected chi connectivity index (χ1v) is 13.1. The number of carbonyl (C=O) groups excluding carboxylic acids is 1. The van der Waals surface area contributed by atoms with Gasteiger partial charge in [0.1, 0.15) is 11.4 Å². The zero-order valence-electron chi connectivity index (χ0n) is 21.2. The van der Waals surface area contributed by atoms with Crippen LogP contribution in [0.25, 0.3) is 5.69 Å². The van der Waals surface area contributed by atoms with Crippen LogP contribution in [0.5, 0.6) is 0 Å².